The van der Waals surface area contributed by atoms with E-state index >= 15 is 0 Å². The first-order valence-electron chi connectivity index (χ1n) is 8.26. The Labute approximate surface area is 177 Å². The third-order valence-corrected chi connectivity index (χ3v) is 4.81. The lowest BCUT2D eigenvalue weighted by molar-refractivity contribution is -0.385. The summed E-state index contributed by atoms with van der Waals surface area (Å²) in [5, 5.41) is 13.2. The fourth-order valence-electron chi connectivity index (χ4n) is 2.18. The molecule has 0 atom stereocenters. The van der Waals surface area contributed by atoms with Crippen LogP contribution in [0, 0.1) is 10.1 Å². The van der Waals surface area contributed by atoms with E-state index in [9.17, 15) is 32.9 Å². The van der Waals surface area contributed by atoms with Crippen molar-refractivity contribution in [3.8, 4) is 0 Å². The van der Waals surface area contributed by atoms with Crippen molar-refractivity contribution in [1.29, 1.82) is 0 Å². The molecule has 0 aliphatic heterocycles. The van der Waals surface area contributed by atoms with Crippen molar-refractivity contribution < 1.29 is 32.4 Å². The number of benzene rings is 2. The largest absolute Gasteiger partial charge is 0.456 e. The van der Waals surface area contributed by atoms with Crippen LogP contribution in [0.5, 0.6) is 0 Å². The molecule has 0 bridgehead atoms. The summed E-state index contributed by atoms with van der Waals surface area (Å²) in [6.07, 6.45) is -4.95. The Morgan fingerprint density at radius 3 is 2.43 bits per heavy atom. The number of thioether (sulfide) groups is 1. The molecule has 2 aromatic rings. The molecule has 0 aliphatic carbocycles. The van der Waals surface area contributed by atoms with E-state index in [-0.39, 0.29) is 6.42 Å². The van der Waals surface area contributed by atoms with Crippen molar-refractivity contribution in [2.45, 2.75) is 17.5 Å². The second-order valence-corrected chi connectivity index (χ2v) is 7.35. The van der Waals surface area contributed by atoms with E-state index in [1.165, 1.54) is 11.8 Å². The number of anilines is 1. The highest BCUT2D eigenvalue weighted by molar-refractivity contribution is 7.99. The topological polar surface area (TPSA) is 98.5 Å². The van der Waals surface area contributed by atoms with Crippen molar-refractivity contribution in [3.63, 3.8) is 0 Å². The number of alkyl halides is 3. The van der Waals surface area contributed by atoms with Gasteiger partial charge in [0, 0.05) is 27.8 Å². The molecule has 1 amide bonds. The zero-order valence-corrected chi connectivity index (χ0v) is 16.6. The number of halogens is 4. The summed E-state index contributed by atoms with van der Waals surface area (Å²) in [5.41, 5.74) is -2.83. The number of nitrogens with zero attached hydrogens (tertiary/aromatic N) is 1. The second kappa shape index (κ2) is 10.3. The molecule has 0 heterocycles. The molecule has 0 spiro atoms. The van der Waals surface area contributed by atoms with Gasteiger partial charge in [-0.25, -0.2) is 0 Å². The van der Waals surface area contributed by atoms with Crippen LogP contribution in [-0.4, -0.2) is 29.2 Å². The number of esters is 1. The van der Waals surface area contributed by atoms with E-state index in [1.807, 2.05) is 5.32 Å². The number of nitro groups is 1. The third-order valence-electron chi connectivity index (χ3n) is 3.55. The first kappa shape index (κ1) is 23.5. The predicted octanol–water partition coefficient (Wildman–Crippen LogP) is 4.93. The van der Waals surface area contributed by atoms with Crippen LogP contribution < -0.4 is 5.32 Å². The Balaban J connectivity index is 1.86. The average Bonchev–Trinajstić information content (AvgIpc) is 2.67. The number of rotatable bonds is 8. The van der Waals surface area contributed by atoms with Crippen LogP contribution >= 0.6 is 23.4 Å². The minimum atomic E-state index is -4.93. The van der Waals surface area contributed by atoms with Gasteiger partial charge in [-0.15, -0.1) is 11.8 Å². The Kier molecular flexibility index (Phi) is 8.07. The smallest absolute Gasteiger partial charge is 0.418 e. The van der Waals surface area contributed by atoms with Crippen LogP contribution in [0.1, 0.15) is 12.0 Å². The monoisotopic (exact) mass is 462 g/mol. The Bertz CT molecular complexity index is 938. The molecule has 0 aliphatic rings. The van der Waals surface area contributed by atoms with Gasteiger partial charge in [-0.05, 0) is 30.3 Å². The molecular formula is C18H14ClF3N2O5S. The molecule has 0 fully saturated rings. The first-order chi connectivity index (χ1) is 14.1. The maximum Gasteiger partial charge on any atom is 0.418 e. The zero-order valence-electron chi connectivity index (χ0n) is 15.1. The standard InChI is InChI=1S/C18H14ClF3N2O5S/c19-11-1-4-13(5-2-11)30-8-7-17(26)29-10-16(25)23-15-6-3-12(24(27)28)9-14(15)18(20,21)22/h1-6,9H,7-8,10H2,(H,23,25). The average molecular weight is 463 g/mol. The van der Waals surface area contributed by atoms with Crippen LogP contribution in [0.4, 0.5) is 24.5 Å². The van der Waals surface area contributed by atoms with E-state index in [4.69, 9.17) is 16.3 Å². The van der Waals surface area contributed by atoms with Gasteiger partial charge in [-0.3, -0.25) is 19.7 Å². The van der Waals surface area contributed by atoms with Gasteiger partial charge in [0.25, 0.3) is 11.6 Å². The lowest BCUT2D eigenvalue weighted by atomic mass is 10.1. The van der Waals surface area contributed by atoms with Gasteiger partial charge in [-0.2, -0.15) is 13.2 Å². The van der Waals surface area contributed by atoms with Crippen LogP contribution in [0.2, 0.25) is 5.02 Å². The van der Waals surface area contributed by atoms with Gasteiger partial charge in [0.15, 0.2) is 6.61 Å². The van der Waals surface area contributed by atoms with Gasteiger partial charge in [0.2, 0.25) is 0 Å². The molecule has 0 radical (unpaired) electrons. The number of nitro benzene ring substituents is 1. The van der Waals surface area contributed by atoms with Crippen LogP contribution in [0.3, 0.4) is 0 Å². The molecular weight excluding hydrogens is 449 g/mol. The van der Waals surface area contributed by atoms with Crippen molar-refractivity contribution in [2.75, 3.05) is 17.7 Å². The van der Waals surface area contributed by atoms with Crippen molar-refractivity contribution in [1.82, 2.24) is 0 Å². The lowest BCUT2D eigenvalue weighted by Gasteiger charge is -2.13. The minimum Gasteiger partial charge on any atom is -0.456 e. The minimum absolute atomic E-state index is 0.0219. The molecule has 12 heteroatoms. The number of carbonyl (C=O) groups excluding carboxylic acids is 2. The molecule has 30 heavy (non-hydrogen) atoms. The van der Waals surface area contributed by atoms with Crippen LogP contribution in [0.15, 0.2) is 47.4 Å². The fraction of sp³-hybridized carbons (Fsp3) is 0.222. The molecule has 160 valence electrons. The van der Waals surface area contributed by atoms with Crippen LogP contribution in [0.25, 0.3) is 0 Å². The first-order valence-corrected chi connectivity index (χ1v) is 9.62. The quantitative estimate of drug-likeness (QED) is 0.258. The zero-order chi connectivity index (χ0) is 22.3. The van der Waals surface area contributed by atoms with Gasteiger partial charge in [-0.1, -0.05) is 11.6 Å². The van der Waals surface area contributed by atoms with E-state index in [2.05, 4.69) is 0 Å². The second-order valence-electron chi connectivity index (χ2n) is 5.75. The molecule has 2 aromatic carbocycles. The summed E-state index contributed by atoms with van der Waals surface area (Å²) < 4.78 is 44.0. The van der Waals surface area contributed by atoms with Gasteiger partial charge >= 0.3 is 12.1 Å². The van der Waals surface area contributed by atoms with Gasteiger partial charge in [0.05, 0.1) is 22.6 Å². The van der Waals surface area contributed by atoms with Gasteiger partial charge in [0.1, 0.15) is 0 Å². The normalized spacial score (nSPS) is 11.1. The number of carbonyl (C=O) groups is 2. The number of ether oxygens (including phenoxy) is 1. The van der Waals surface area contributed by atoms with Crippen molar-refractivity contribution >= 4 is 46.6 Å². The number of hydrogen-bond acceptors (Lipinski definition) is 6. The molecule has 0 unspecified atom stereocenters. The molecule has 2 rings (SSSR count). The Morgan fingerprint density at radius 1 is 1.17 bits per heavy atom. The van der Waals surface area contributed by atoms with Gasteiger partial charge < -0.3 is 10.1 Å². The summed E-state index contributed by atoms with van der Waals surface area (Å²) in [4.78, 5) is 34.1. The summed E-state index contributed by atoms with van der Waals surface area (Å²) in [5.74, 6) is -1.35. The number of hydrogen-bond donors (Lipinski definition) is 1. The van der Waals surface area contributed by atoms with E-state index < -0.39 is 46.5 Å². The van der Waals surface area contributed by atoms with E-state index in [1.54, 1.807) is 24.3 Å². The fourth-order valence-corrected chi connectivity index (χ4v) is 3.14. The maximum absolute atomic E-state index is 13.1. The molecule has 1 N–H and O–H groups in total. The molecule has 0 aromatic heterocycles. The van der Waals surface area contributed by atoms with Crippen molar-refractivity contribution in [2.24, 2.45) is 0 Å². The molecule has 0 saturated heterocycles. The highest BCUT2D eigenvalue weighted by Crippen LogP contribution is 2.37. The van der Waals surface area contributed by atoms with E-state index in [0.717, 1.165) is 17.0 Å². The van der Waals surface area contributed by atoms with E-state index in [0.29, 0.717) is 16.8 Å². The SMILES string of the molecule is O=C(COC(=O)CCSc1ccc(Cl)cc1)Nc1ccc([N+](=O)[O-])cc1C(F)(F)F. The van der Waals surface area contributed by atoms with Crippen LogP contribution in [-0.2, 0) is 20.5 Å². The van der Waals surface area contributed by atoms with Crippen molar-refractivity contribution in [3.05, 3.63) is 63.2 Å². The Morgan fingerprint density at radius 2 is 1.83 bits per heavy atom. The molecule has 7 nitrogen and oxygen atoms in total. The number of amides is 1. The highest BCUT2D eigenvalue weighted by Gasteiger charge is 2.35. The maximum atomic E-state index is 13.1. The molecule has 0 saturated carbocycles. The summed E-state index contributed by atoms with van der Waals surface area (Å²) >= 11 is 7.13. The Hall–Kier alpha value is -2.79. The summed E-state index contributed by atoms with van der Waals surface area (Å²) in [6, 6.07) is 8.84. The summed E-state index contributed by atoms with van der Waals surface area (Å²) in [6.45, 7) is -0.793. The summed E-state index contributed by atoms with van der Waals surface area (Å²) in [7, 11) is 0. The number of non-ortho nitro benzene ring substituents is 1. The lowest BCUT2D eigenvalue weighted by Crippen LogP contribution is -2.23. The number of nitrogens with one attached hydrogen (secondary N) is 1. The highest BCUT2D eigenvalue weighted by atomic mass is 35.5. The predicted molar refractivity (Wildman–Crippen MR) is 104 cm³/mol. The third kappa shape index (κ3) is 7.23.